The predicted molar refractivity (Wildman–Crippen MR) is 118 cm³/mol. The molecule has 2 aromatic carbocycles. The quantitative estimate of drug-likeness (QED) is 0.412. The molecule has 30 heavy (non-hydrogen) atoms. The molecule has 0 fully saturated rings. The van der Waals surface area contributed by atoms with Crippen molar-refractivity contribution in [2.24, 2.45) is 0 Å². The Morgan fingerprint density at radius 3 is 2.60 bits per heavy atom. The molecule has 0 aliphatic carbocycles. The number of thiazole rings is 1. The van der Waals surface area contributed by atoms with E-state index in [9.17, 15) is 4.79 Å². The van der Waals surface area contributed by atoms with E-state index < -0.39 is 0 Å². The number of aromatic nitrogens is 2. The lowest BCUT2D eigenvalue weighted by atomic mass is 10.1. The molecule has 1 amide bonds. The highest BCUT2D eigenvalue weighted by Crippen LogP contribution is 2.25. The average molecular weight is 422 g/mol. The molecule has 2 aromatic heterocycles. The number of para-hydroxylation sites is 1. The van der Waals surface area contributed by atoms with Gasteiger partial charge in [0.1, 0.15) is 18.1 Å². The van der Waals surface area contributed by atoms with Gasteiger partial charge in [0.2, 0.25) is 5.91 Å². The van der Waals surface area contributed by atoms with Gasteiger partial charge in [0.15, 0.2) is 4.96 Å². The number of carbonyl (C=O) groups excluding carboxylic acids is 1. The Hall–Kier alpha value is -3.32. The van der Waals surface area contributed by atoms with Crippen molar-refractivity contribution >= 4 is 22.2 Å². The van der Waals surface area contributed by atoms with Crippen molar-refractivity contribution in [3.8, 4) is 22.8 Å². The van der Waals surface area contributed by atoms with Crippen LogP contribution >= 0.6 is 11.3 Å². The summed E-state index contributed by atoms with van der Waals surface area (Å²) in [5, 5.41) is 4.88. The van der Waals surface area contributed by atoms with Crippen LogP contribution in [0.2, 0.25) is 0 Å². The van der Waals surface area contributed by atoms with Crippen LogP contribution in [0.1, 0.15) is 12.6 Å². The van der Waals surface area contributed by atoms with Gasteiger partial charge in [-0.1, -0.05) is 18.2 Å². The first-order chi connectivity index (χ1) is 14.7. The van der Waals surface area contributed by atoms with Gasteiger partial charge in [-0.2, -0.15) is 0 Å². The topological polar surface area (TPSA) is 64.9 Å². The molecule has 0 radical (unpaired) electrons. The number of amides is 1. The number of rotatable bonds is 9. The molecule has 1 N–H and O–H groups in total. The zero-order valence-corrected chi connectivity index (χ0v) is 17.5. The monoisotopic (exact) mass is 421 g/mol. The van der Waals surface area contributed by atoms with Gasteiger partial charge < -0.3 is 14.8 Å². The number of nitrogens with zero attached hydrogens (tertiary/aromatic N) is 2. The zero-order chi connectivity index (χ0) is 20.8. The Kier molecular flexibility index (Phi) is 6.29. The molecule has 4 rings (SSSR count). The van der Waals surface area contributed by atoms with E-state index in [4.69, 9.17) is 9.47 Å². The molecule has 0 unspecified atom stereocenters. The van der Waals surface area contributed by atoms with Crippen LogP contribution in [0, 0.1) is 0 Å². The normalized spacial score (nSPS) is 10.8. The number of carbonyl (C=O) groups is 1. The third-order valence-corrected chi connectivity index (χ3v) is 5.41. The van der Waals surface area contributed by atoms with Gasteiger partial charge in [0.25, 0.3) is 0 Å². The van der Waals surface area contributed by atoms with Gasteiger partial charge in [-0.25, -0.2) is 4.98 Å². The van der Waals surface area contributed by atoms with Crippen molar-refractivity contribution in [3.05, 3.63) is 71.9 Å². The Balaban J connectivity index is 1.34. The Bertz CT molecular complexity index is 1100. The summed E-state index contributed by atoms with van der Waals surface area (Å²) in [5.74, 6) is 1.60. The Labute approximate surface area is 179 Å². The SMILES string of the molecule is CCOc1ccc(-c2cn3c(CC(=O)NCCOc4ccccc4)csc3n2)cc1. The lowest BCUT2D eigenvalue weighted by Crippen LogP contribution is -2.29. The number of benzene rings is 2. The van der Waals surface area contributed by atoms with Gasteiger partial charge in [-0.15, -0.1) is 11.3 Å². The number of ether oxygens (including phenoxy) is 2. The lowest BCUT2D eigenvalue weighted by molar-refractivity contribution is -0.120. The van der Waals surface area contributed by atoms with Crippen molar-refractivity contribution < 1.29 is 14.3 Å². The van der Waals surface area contributed by atoms with Crippen LogP contribution in [0.25, 0.3) is 16.2 Å². The maximum atomic E-state index is 12.3. The summed E-state index contributed by atoms with van der Waals surface area (Å²) in [4.78, 5) is 17.9. The predicted octanol–water partition coefficient (Wildman–Crippen LogP) is 4.20. The zero-order valence-electron chi connectivity index (χ0n) is 16.7. The molecule has 0 atom stereocenters. The summed E-state index contributed by atoms with van der Waals surface area (Å²) in [6.07, 6.45) is 2.27. The van der Waals surface area contributed by atoms with E-state index in [1.54, 1.807) is 0 Å². The first-order valence-corrected chi connectivity index (χ1v) is 10.7. The summed E-state index contributed by atoms with van der Waals surface area (Å²) < 4.78 is 13.1. The van der Waals surface area contributed by atoms with Gasteiger partial charge in [-0.3, -0.25) is 9.20 Å². The fourth-order valence-electron chi connectivity index (χ4n) is 3.09. The molecule has 0 spiro atoms. The van der Waals surface area contributed by atoms with Crippen molar-refractivity contribution in [1.82, 2.24) is 14.7 Å². The minimum absolute atomic E-state index is 0.0392. The second-order valence-electron chi connectivity index (χ2n) is 6.65. The van der Waals surface area contributed by atoms with E-state index in [1.165, 1.54) is 11.3 Å². The fraction of sp³-hybridized carbons (Fsp3) is 0.217. The smallest absolute Gasteiger partial charge is 0.226 e. The number of hydrogen-bond acceptors (Lipinski definition) is 5. The highest BCUT2D eigenvalue weighted by Gasteiger charge is 2.12. The Morgan fingerprint density at radius 1 is 1.07 bits per heavy atom. The van der Waals surface area contributed by atoms with Crippen molar-refractivity contribution in [2.75, 3.05) is 19.8 Å². The molecule has 0 saturated carbocycles. The second kappa shape index (κ2) is 9.45. The van der Waals surface area contributed by atoms with E-state index in [2.05, 4.69) is 10.3 Å². The molecule has 0 saturated heterocycles. The van der Waals surface area contributed by atoms with Crippen molar-refractivity contribution in [2.45, 2.75) is 13.3 Å². The van der Waals surface area contributed by atoms with Gasteiger partial charge in [0.05, 0.1) is 25.3 Å². The van der Waals surface area contributed by atoms with Gasteiger partial charge in [-0.05, 0) is 43.3 Å². The minimum atomic E-state index is -0.0392. The van der Waals surface area contributed by atoms with Gasteiger partial charge >= 0.3 is 0 Å². The first kappa shape index (κ1) is 20.0. The maximum Gasteiger partial charge on any atom is 0.226 e. The minimum Gasteiger partial charge on any atom is -0.494 e. The lowest BCUT2D eigenvalue weighted by Gasteiger charge is -2.07. The fourth-order valence-corrected chi connectivity index (χ4v) is 3.96. The summed E-state index contributed by atoms with van der Waals surface area (Å²) >= 11 is 1.53. The highest BCUT2D eigenvalue weighted by molar-refractivity contribution is 7.15. The molecule has 0 aliphatic heterocycles. The molecule has 4 aromatic rings. The van der Waals surface area contributed by atoms with Crippen LogP contribution in [-0.2, 0) is 11.2 Å². The number of fused-ring (bicyclic) bond motifs is 1. The molecule has 2 heterocycles. The molecule has 7 heteroatoms. The van der Waals surface area contributed by atoms with Gasteiger partial charge in [0, 0.05) is 22.8 Å². The van der Waals surface area contributed by atoms with Crippen molar-refractivity contribution in [1.29, 1.82) is 0 Å². The van der Waals surface area contributed by atoms with Crippen molar-refractivity contribution in [3.63, 3.8) is 0 Å². The molecular weight excluding hydrogens is 398 g/mol. The molecule has 0 bridgehead atoms. The molecular formula is C23H23N3O3S. The van der Waals surface area contributed by atoms with Crippen LogP contribution in [0.15, 0.2) is 66.2 Å². The third-order valence-electron chi connectivity index (χ3n) is 4.52. The third kappa shape index (κ3) is 4.80. The number of hydrogen-bond donors (Lipinski definition) is 1. The largest absolute Gasteiger partial charge is 0.494 e. The average Bonchev–Trinajstić information content (AvgIpc) is 3.35. The summed E-state index contributed by atoms with van der Waals surface area (Å²) in [7, 11) is 0. The summed E-state index contributed by atoms with van der Waals surface area (Å²) in [6, 6.07) is 17.4. The first-order valence-electron chi connectivity index (χ1n) is 9.86. The summed E-state index contributed by atoms with van der Waals surface area (Å²) in [5.41, 5.74) is 2.81. The summed E-state index contributed by atoms with van der Waals surface area (Å²) in [6.45, 7) is 3.50. The standard InChI is InChI=1S/C23H23N3O3S/c1-2-28-20-10-8-17(9-11-20)21-15-26-18(16-30-23(26)25-21)14-22(27)24-12-13-29-19-6-4-3-5-7-19/h3-11,15-16H,2,12-14H2,1H3,(H,24,27). The maximum absolute atomic E-state index is 12.3. The molecule has 0 aliphatic rings. The van der Waals surface area contributed by atoms with Crippen LogP contribution in [0.4, 0.5) is 0 Å². The van der Waals surface area contributed by atoms with Crippen LogP contribution < -0.4 is 14.8 Å². The number of imidazole rings is 1. The second-order valence-corrected chi connectivity index (χ2v) is 7.49. The van der Waals surface area contributed by atoms with E-state index in [0.29, 0.717) is 26.2 Å². The van der Waals surface area contributed by atoms with E-state index >= 15 is 0 Å². The molecule has 6 nitrogen and oxygen atoms in total. The Morgan fingerprint density at radius 2 is 1.83 bits per heavy atom. The number of nitrogens with one attached hydrogen (secondary N) is 1. The van der Waals surface area contributed by atoms with E-state index in [0.717, 1.165) is 33.4 Å². The van der Waals surface area contributed by atoms with Crippen LogP contribution in [-0.4, -0.2) is 35.1 Å². The van der Waals surface area contributed by atoms with Crippen LogP contribution in [0.3, 0.4) is 0 Å². The van der Waals surface area contributed by atoms with E-state index in [-0.39, 0.29) is 5.91 Å². The van der Waals surface area contributed by atoms with E-state index in [1.807, 2.05) is 77.5 Å². The highest BCUT2D eigenvalue weighted by atomic mass is 32.1. The van der Waals surface area contributed by atoms with Crippen LogP contribution in [0.5, 0.6) is 11.5 Å². The molecule has 154 valence electrons.